The Morgan fingerprint density at radius 1 is 0.228 bits per heavy atom. The van der Waals surface area contributed by atoms with Crippen LogP contribution in [0.3, 0.4) is 0 Å². The van der Waals surface area contributed by atoms with E-state index in [4.69, 9.17) is 0 Å². The van der Waals surface area contributed by atoms with Crippen molar-refractivity contribution in [2.45, 2.75) is 0 Å². The number of hydrogen-bond acceptors (Lipinski definition) is 1. The molecule has 0 spiro atoms. The van der Waals surface area contributed by atoms with Gasteiger partial charge in [0.25, 0.3) is 0 Å². The van der Waals surface area contributed by atoms with E-state index in [1.807, 2.05) is 0 Å². The van der Waals surface area contributed by atoms with Crippen molar-refractivity contribution in [3.63, 3.8) is 0 Å². The molecular formula is C56H37N. The average Bonchev–Trinajstić information content (AvgIpc) is 3.29. The Morgan fingerprint density at radius 3 is 1.46 bits per heavy atom. The van der Waals surface area contributed by atoms with E-state index in [2.05, 4.69) is 229 Å². The lowest BCUT2D eigenvalue weighted by Gasteiger charge is -2.28. The Hall–Kier alpha value is -7.48. The Labute approximate surface area is 332 Å². The molecule has 266 valence electrons. The molecule has 0 aliphatic rings. The highest BCUT2D eigenvalue weighted by atomic mass is 15.1. The molecule has 0 saturated heterocycles. The third-order valence-electron chi connectivity index (χ3n) is 11.6. The van der Waals surface area contributed by atoms with Gasteiger partial charge in [-0.2, -0.15) is 0 Å². The van der Waals surface area contributed by atoms with E-state index in [0.29, 0.717) is 0 Å². The molecule has 0 saturated carbocycles. The predicted octanol–water partition coefficient (Wildman–Crippen LogP) is 15.9. The van der Waals surface area contributed by atoms with Gasteiger partial charge in [-0.15, -0.1) is 0 Å². The summed E-state index contributed by atoms with van der Waals surface area (Å²) in [5, 5.41) is 12.6. The normalized spacial score (nSPS) is 11.5. The van der Waals surface area contributed by atoms with Crippen LogP contribution in [0, 0.1) is 0 Å². The Morgan fingerprint density at radius 2 is 0.737 bits per heavy atom. The van der Waals surface area contributed by atoms with Crippen molar-refractivity contribution in [3.8, 4) is 33.4 Å². The molecule has 11 rings (SSSR count). The summed E-state index contributed by atoms with van der Waals surface area (Å²) in [4.78, 5) is 2.42. The van der Waals surface area contributed by atoms with Crippen LogP contribution >= 0.6 is 0 Å². The zero-order chi connectivity index (χ0) is 37.7. The highest BCUT2D eigenvalue weighted by molar-refractivity contribution is 6.14. The Kier molecular flexibility index (Phi) is 7.89. The van der Waals surface area contributed by atoms with Gasteiger partial charge in [0.05, 0.1) is 5.69 Å². The molecule has 1 nitrogen and oxygen atoms in total. The smallest absolute Gasteiger partial charge is 0.0540 e. The first-order chi connectivity index (χ1) is 28.2. The lowest BCUT2D eigenvalue weighted by molar-refractivity contribution is 1.30. The first kappa shape index (κ1) is 32.9. The third-order valence-corrected chi connectivity index (χ3v) is 11.6. The third kappa shape index (κ3) is 5.80. The zero-order valence-corrected chi connectivity index (χ0v) is 31.3. The molecule has 0 aromatic heterocycles. The molecule has 0 bridgehead atoms. The van der Waals surface area contributed by atoms with Crippen molar-refractivity contribution in [1.29, 1.82) is 0 Å². The zero-order valence-electron chi connectivity index (χ0n) is 31.3. The Balaban J connectivity index is 1.02. The number of benzene rings is 11. The topological polar surface area (TPSA) is 3.24 Å². The van der Waals surface area contributed by atoms with Crippen LogP contribution in [0.25, 0.3) is 87.2 Å². The molecule has 0 radical (unpaired) electrons. The minimum absolute atomic E-state index is 1.10. The maximum absolute atomic E-state index is 2.42. The van der Waals surface area contributed by atoms with Crippen LogP contribution in [-0.2, 0) is 0 Å². The largest absolute Gasteiger partial charge is 0.310 e. The van der Waals surface area contributed by atoms with E-state index in [1.54, 1.807) is 0 Å². The highest BCUT2D eigenvalue weighted by Gasteiger charge is 2.18. The summed E-state index contributed by atoms with van der Waals surface area (Å²) in [6, 6.07) is 82.1. The van der Waals surface area contributed by atoms with Crippen LogP contribution in [0.5, 0.6) is 0 Å². The van der Waals surface area contributed by atoms with E-state index in [1.165, 1.54) is 87.2 Å². The van der Waals surface area contributed by atoms with Crippen molar-refractivity contribution >= 4 is 70.9 Å². The van der Waals surface area contributed by atoms with Gasteiger partial charge in [0, 0.05) is 16.8 Å². The van der Waals surface area contributed by atoms with Gasteiger partial charge in [-0.25, -0.2) is 0 Å². The SMILES string of the molecule is c1cc(-c2cccc3c2ccc2ccccc23)cc(N(c2ccc(-c3ccc(-c4ccc5ccccc5c4)cc3)cc2)c2cccc3c2ccc2ccccc23)c1. The maximum Gasteiger partial charge on any atom is 0.0540 e. The van der Waals surface area contributed by atoms with Crippen molar-refractivity contribution in [1.82, 2.24) is 0 Å². The van der Waals surface area contributed by atoms with Crippen molar-refractivity contribution < 1.29 is 0 Å². The number of rotatable bonds is 6. The van der Waals surface area contributed by atoms with Crippen LogP contribution in [0.4, 0.5) is 17.1 Å². The van der Waals surface area contributed by atoms with Crippen LogP contribution in [-0.4, -0.2) is 0 Å². The molecule has 0 aliphatic heterocycles. The molecule has 57 heavy (non-hydrogen) atoms. The second-order valence-corrected chi connectivity index (χ2v) is 14.9. The number of nitrogens with zero attached hydrogens (tertiary/aromatic N) is 1. The molecule has 0 unspecified atom stereocenters. The van der Waals surface area contributed by atoms with Crippen LogP contribution in [0.15, 0.2) is 224 Å². The summed E-state index contributed by atoms with van der Waals surface area (Å²) in [5.41, 5.74) is 10.6. The second kappa shape index (κ2) is 13.7. The monoisotopic (exact) mass is 723 g/mol. The van der Waals surface area contributed by atoms with E-state index in [-0.39, 0.29) is 0 Å². The molecule has 0 atom stereocenters. The van der Waals surface area contributed by atoms with E-state index in [0.717, 1.165) is 17.1 Å². The fraction of sp³-hybridized carbons (Fsp3) is 0. The van der Waals surface area contributed by atoms with Gasteiger partial charge in [-0.05, 0) is 118 Å². The molecule has 1 heteroatoms. The average molecular weight is 724 g/mol. The fourth-order valence-electron chi connectivity index (χ4n) is 8.78. The number of fused-ring (bicyclic) bond motifs is 7. The second-order valence-electron chi connectivity index (χ2n) is 14.9. The quantitative estimate of drug-likeness (QED) is 0.154. The molecule has 0 amide bonds. The number of hydrogen-bond donors (Lipinski definition) is 0. The summed E-state index contributed by atoms with van der Waals surface area (Å²) >= 11 is 0. The molecule has 11 aromatic rings. The summed E-state index contributed by atoms with van der Waals surface area (Å²) in [6.07, 6.45) is 0. The van der Waals surface area contributed by atoms with E-state index < -0.39 is 0 Å². The molecule has 0 N–H and O–H groups in total. The first-order valence-electron chi connectivity index (χ1n) is 19.7. The predicted molar refractivity (Wildman–Crippen MR) is 245 cm³/mol. The number of anilines is 3. The first-order valence-corrected chi connectivity index (χ1v) is 19.7. The lowest BCUT2D eigenvalue weighted by Crippen LogP contribution is -2.10. The maximum atomic E-state index is 2.42. The van der Waals surface area contributed by atoms with Crippen molar-refractivity contribution in [3.05, 3.63) is 224 Å². The fourth-order valence-corrected chi connectivity index (χ4v) is 8.78. The molecule has 0 fully saturated rings. The van der Waals surface area contributed by atoms with Gasteiger partial charge < -0.3 is 4.90 Å². The standard InChI is InChI=1S/C56H37N/c1-2-13-44-36-45(27-26-38(44)10-1)41-24-22-39(23-25-41)40-28-32-47(33-29-40)57(56-21-9-20-53-50-17-6-4-12-43(50)31-35-55(53)56)48-15-7-14-46(37-48)51-18-8-19-52-49-16-5-3-11-42(49)30-34-54(51)52/h1-37H. The van der Waals surface area contributed by atoms with Gasteiger partial charge >= 0.3 is 0 Å². The van der Waals surface area contributed by atoms with Crippen molar-refractivity contribution in [2.75, 3.05) is 4.90 Å². The van der Waals surface area contributed by atoms with Crippen LogP contribution < -0.4 is 4.90 Å². The highest BCUT2D eigenvalue weighted by Crippen LogP contribution is 2.43. The van der Waals surface area contributed by atoms with Gasteiger partial charge in [-0.3, -0.25) is 0 Å². The minimum atomic E-state index is 1.10. The van der Waals surface area contributed by atoms with Crippen LogP contribution in [0.2, 0.25) is 0 Å². The van der Waals surface area contributed by atoms with E-state index in [9.17, 15) is 0 Å². The minimum Gasteiger partial charge on any atom is -0.310 e. The van der Waals surface area contributed by atoms with Crippen molar-refractivity contribution in [2.24, 2.45) is 0 Å². The molecule has 0 aliphatic carbocycles. The molecular weight excluding hydrogens is 687 g/mol. The Bertz CT molecular complexity index is 3280. The van der Waals surface area contributed by atoms with Gasteiger partial charge in [-0.1, -0.05) is 188 Å². The summed E-state index contributed by atoms with van der Waals surface area (Å²) in [5.74, 6) is 0. The van der Waals surface area contributed by atoms with Gasteiger partial charge in [0.2, 0.25) is 0 Å². The summed E-state index contributed by atoms with van der Waals surface area (Å²) < 4.78 is 0. The van der Waals surface area contributed by atoms with Gasteiger partial charge in [0.1, 0.15) is 0 Å². The summed E-state index contributed by atoms with van der Waals surface area (Å²) in [6.45, 7) is 0. The van der Waals surface area contributed by atoms with Crippen LogP contribution in [0.1, 0.15) is 0 Å². The molecule has 11 aromatic carbocycles. The summed E-state index contributed by atoms with van der Waals surface area (Å²) in [7, 11) is 0. The lowest BCUT2D eigenvalue weighted by atomic mass is 9.94. The van der Waals surface area contributed by atoms with Gasteiger partial charge in [0.15, 0.2) is 0 Å². The molecule has 0 heterocycles. The van der Waals surface area contributed by atoms with E-state index >= 15 is 0 Å².